The van der Waals surface area contributed by atoms with Crippen molar-refractivity contribution in [2.45, 2.75) is 58.4 Å². The number of carbonyl (C=O) groups is 3. The van der Waals surface area contributed by atoms with Crippen LogP contribution in [0.4, 0.5) is 4.79 Å². The van der Waals surface area contributed by atoms with Crippen LogP contribution in [0.5, 0.6) is 0 Å². The number of carbonyl (C=O) groups excluding carboxylic acids is 2. The minimum Gasteiger partial charge on any atom is -0.481 e. The van der Waals surface area contributed by atoms with Crippen LogP contribution in [-0.2, 0) is 14.3 Å². The van der Waals surface area contributed by atoms with Crippen molar-refractivity contribution in [1.29, 1.82) is 0 Å². The van der Waals surface area contributed by atoms with Gasteiger partial charge in [-0.2, -0.15) is 0 Å². The van der Waals surface area contributed by atoms with Crippen LogP contribution in [-0.4, -0.2) is 41.8 Å². The van der Waals surface area contributed by atoms with Crippen molar-refractivity contribution < 1.29 is 24.2 Å². The maximum Gasteiger partial charge on any atom is 0.407 e. The van der Waals surface area contributed by atoms with E-state index in [9.17, 15) is 14.4 Å². The second kappa shape index (κ2) is 10.3. The lowest BCUT2D eigenvalue weighted by molar-refractivity contribution is -0.139. The first-order chi connectivity index (χ1) is 16.0. The Morgan fingerprint density at radius 2 is 1.50 bits per heavy atom. The number of carboxylic acid groups (broad SMARTS) is 1. The van der Waals surface area contributed by atoms with Crippen LogP contribution >= 0.6 is 0 Å². The fourth-order valence-electron chi connectivity index (χ4n) is 4.30. The zero-order valence-corrected chi connectivity index (χ0v) is 20.3. The molecule has 0 aliphatic heterocycles. The summed E-state index contributed by atoms with van der Waals surface area (Å²) in [6, 6.07) is 16.3. The zero-order valence-electron chi connectivity index (χ0n) is 20.3. The van der Waals surface area contributed by atoms with Crippen LogP contribution < -0.4 is 10.6 Å². The van der Waals surface area contributed by atoms with Gasteiger partial charge < -0.3 is 20.5 Å². The molecule has 3 rings (SSSR count). The van der Waals surface area contributed by atoms with E-state index in [1.54, 1.807) is 13.8 Å². The molecule has 0 bridgehead atoms. The van der Waals surface area contributed by atoms with Gasteiger partial charge in [-0.3, -0.25) is 9.59 Å². The van der Waals surface area contributed by atoms with E-state index in [1.165, 1.54) is 11.1 Å². The van der Waals surface area contributed by atoms with Gasteiger partial charge >= 0.3 is 12.1 Å². The average Bonchev–Trinajstić information content (AvgIpc) is 3.08. The molecule has 2 aromatic rings. The van der Waals surface area contributed by atoms with Crippen molar-refractivity contribution in [2.75, 3.05) is 13.2 Å². The molecule has 0 atom stereocenters. The highest BCUT2D eigenvalue weighted by Gasteiger charge is 2.30. The highest BCUT2D eigenvalue weighted by atomic mass is 16.5. The monoisotopic (exact) mass is 466 g/mol. The van der Waals surface area contributed by atoms with E-state index in [1.807, 2.05) is 38.1 Å². The Kier molecular flexibility index (Phi) is 7.64. The van der Waals surface area contributed by atoms with E-state index in [2.05, 4.69) is 34.9 Å². The van der Waals surface area contributed by atoms with Crippen LogP contribution in [0.1, 0.15) is 64.0 Å². The number of alkyl carbamates (subject to hydrolysis) is 1. The number of hydrogen-bond donors (Lipinski definition) is 3. The van der Waals surface area contributed by atoms with Gasteiger partial charge in [0.15, 0.2) is 0 Å². The quantitative estimate of drug-likeness (QED) is 0.471. The van der Waals surface area contributed by atoms with Crippen molar-refractivity contribution in [3.8, 4) is 11.1 Å². The number of fused-ring (bicyclic) bond motifs is 3. The Bertz CT molecular complexity index is 1010. The molecule has 0 spiro atoms. The van der Waals surface area contributed by atoms with Crippen molar-refractivity contribution in [2.24, 2.45) is 5.41 Å². The smallest absolute Gasteiger partial charge is 0.407 e. The summed E-state index contributed by atoms with van der Waals surface area (Å²) in [5.41, 5.74) is 3.47. The van der Waals surface area contributed by atoms with E-state index >= 15 is 0 Å². The average molecular weight is 467 g/mol. The molecule has 0 saturated carbocycles. The number of hydrogen-bond acceptors (Lipinski definition) is 4. The van der Waals surface area contributed by atoms with Gasteiger partial charge in [0.1, 0.15) is 6.61 Å². The summed E-state index contributed by atoms with van der Waals surface area (Å²) in [5.74, 6) is -1.09. The van der Waals surface area contributed by atoms with Gasteiger partial charge in [-0.05, 0) is 47.9 Å². The first-order valence-electron chi connectivity index (χ1n) is 11.6. The largest absolute Gasteiger partial charge is 0.481 e. The molecule has 3 N–H and O–H groups in total. The molecule has 182 valence electrons. The summed E-state index contributed by atoms with van der Waals surface area (Å²) in [6.45, 7) is 7.79. The molecular formula is C27H34N2O5. The number of aliphatic carboxylic acids is 1. The molecule has 2 aromatic carbocycles. The highest BCUT2D eigenvalue weighted by molar-refractivity contribution is 5.79. The van der Waals surface area contributed by atoms with Gasteiger partial charge in [0, 0.05) is 24.4 Å². The van der Waals surface area contributed by atoms with E-state index in [4.69, 9.17) is 9.84 Å². The lowest BCUT2D eigenvalue weighted by Gasteiger charge is -2.27. The first kappa shape index (κ1) is 25.3. The fourth-order valence-corrected chi connectivity index (χ4v) is 4.30. The number of amides is 2. The van der Waals surface area contributed by atoms with Gasteiger partial charge in [-0.1, -0.05) is 62.4 Å². The predicted octanol–water partition coefficient (Wildman–Crippen LogP) is 4.70. The number of benzene rings is 2. The summed E-state index contributed by atoms with van der Waals surface area (Å²) >= 11 is 0. The van der Waals surface area contributed by atoms with E-state index in [0.717, 1.165) is 11.1 Å². The van der Waals surface area contributed by atoms with Crippen molar-refractivity contribution in [1.82, 2.24) is 10.6 Å². The molecule has 2 amide bonds. The number of nitrogens with one attached hydrogen (secondary N) is 2. The van der Waals surface area contributed by atoms with Crippen LogP contribution in [0, 0.1) is 5.41 Å². The molecule has 0 fully saturated rings. The lowest BCUT2D eigenvalue weighted by atomic mass is 9.89. The summed E-state index contributed by atoms with van der Waals surface area (Å²) < 4.78 is 5.61. The summed E-state index contributed by atoms with van der Waals surface area (Å²) in [4.78, 5) is 35.7. The molecule has 0 saturated heterocycles. The molecule has 7 nitrogen and oxygen atoms in total. The molecule has 0 radical (unpaired) electrons. The third-order valence-electron chi connectivity index (χ3n) is 6.16. The molecule has 34 heavy (non-hydrogen) atoms. The number of ether oxygens (including phenoxy) is 1. The minimum absolute atomic E-state index is 0.0128. The maximum atomic E-state index is 12.6. The third-order valence-corrected chi connectivity index (χ3v) is 6.16. The third kappa shape index (κ3) is 6.59. The molecule has 0 aromatic heterocycles. The Morgan fingerprint density at radius 3 is 2.06 bits per heavy atom. The molecule has 0 heterocycles. The van der Waals surface area contributed by atoms with E-state index < -0.39 is 23.0 Å². The van der Waals surface area contributed by atoms with Crippen molar-refractivity contribution in [3.63, 3.8) is 0 Å². The second-order valence-corrected chi connectivity index (χ2v) is 10.3. The Hall–Kier alpha value is -3.35. The van der Waals surface area contributed by atoms with Gasteiger partial charge in [0.05, 0.1) is 6.42 Å². The number of rotatable bonds is 10. The van der Waals surface area contributed by atoms with Gasteiger partial charge in [0.2, 0.25) is 5.91 Å². The van der Waals surface area contributed by atoms with Crippen LogP contribution in [0.25, 0.3) is 11.1 Å². The van der Waals surface area contributed by atoms with Gasteiger partial charge in [-0.25, -0.2) is 4.79 Å². The first-order valence-corrected chi connectivity index (χ1v) is 11.6. The van der Waals surface area contributed by atoms with E-state index in [0.29, 0.717) is 6.42 Å². The van der Waals surface area contributed by atoms with Gasteiger partial charge in [0.25, 0.3) is 0 Å². The van der Waals surface area contributed by atoms with Crippen LogP contribution in [0.3, 0.4) is 0 Å². The molecule has 1 aliphatic rings. The SMILES string of the molecule is CC(C)(CNC(=O)CCC(C)(C)NC(=O)OCC1c2ccccc2-c2ccccc21)CC(=O)O. The maximum absolute atomic E-state index is 12.6. The number of carboxylic acids is 1. The fraction of sp³-hybridized carbons (Fsp3) is 0.444. The normalized spacial score (nSPS) is 13.1. The summed E-state index contributed by atoms with van der Waals surface area (Å²) in [7, 11) is 0. The Morgan fingerprint density at radius 1 is 0.941 bits per heavy atom. The second-order valence-electron chi connectivity index (χ2n) is 10.3. The lowest BCUT2D eigenvalue weighted by Crippen LogP contribution is -2.45. The highest BCUT2D eigenvalue weighted by Crippen LogP contribution is 2.44. The van der Waals surface area contributed by atoms with E-state index in [-0.39, 0.29) is 37.8 Å². The van der Waals surface area contributed by atoms with Crippen LogP contribution in [0.15, 0.2) is 48.5 Å². The summed E-state index contributed by atoms with van der Waals surface area (Å²) in [5, 5.41) is 14.6. The van der Waals surface area contributed by atoms with Crippen molar-refractivity contribution in [3.05, 3.63) is 59.7 Å². The zero-order chi connectivity index (χ0) is 24.9. The molecule has 7 heteroatoms. The molecular weight excluding hydrogens is 432 g/mol. The van der Waals surface area contributed by atoms with Crippen LogP contribution in [0.2, 0.25) is 0 Å². The molecule has 1 aliphatic carbocycles. The Balaban J connectivity index is 1.48. The predicted molar refractivity (Wildman–Crippen MR) is 131 cm³/mol. The van der Waals surface area contributed by atoms with Gasteiger partial charge in [-0.15, -0.1) is 0 Å². The topological polar surface area (TPSA) is 105 Å². The minimum atomic E-state index is -0.896. The Labute approximate surface area is 200 Å². The molecule has 0 unspecified atom stereocenters. The van der Waals surface area contributed by atoms with Crippen molar-refractivity contribution >= 4 is 18.0 Å². The standard InChI is InChI=1S/C27H34N2O5/c1-26(2,15-24(31)32)17-28-23(30)13-14-27(3,4)29-25(33)34-16-22-20-11-7-5-9-18(20)19-10-6-8-12-21(19)22/h5-12,22H,13-17H2,1-4H3,(H,28,30)(H,29,33)(H,31,32). The summed E-state index contributed by atoms with van der Waals surface area (Å²) in [6.07, 6.45) is 0.0828.